The first kappa shape index (κ1) is 60.6. The number of hydrogen-bond donors (Lipinski definition) is 0. The van der Waals surface area contributed by atoms with E-state index in [1.165, 1.54) is 308 Å². The van der Waals surface area contributed by atoms with Gasteiger partial charge in [-0.3, -0.25) is 0 Å². The Bertz CT molecular complexity index is 1010. The molecule has 0 aliphatic rings. The summed E-state index contributed by atoms with van der Waals surface area (Å²) in [5.74, 6) is 2.65. The minimum Gasteiger partial charge on any atom is -0.344 e. The Hall–Kier alpha value is -1.39. The van der Waals surface area contributed by atoms with E-state index in [4.69, 9.17) is 15.0 Å². The van der Waals surface area contributed by atoms with Gasteiger partial charge in [0.1, 0.15) is 5.82 Å². The zero-order valence-corrected chi connectivity index (χ0v) is 44.8. The Labute approximate surface area is 403 Å². The van der Waals surface area contributed by atoms with Gasteiger partial charge in [-0.25, -0.2) is 0 Å². The Morgan fingerprint density at radius 3 is 0.703 bits per heavy atom. The summed E-state index contributed by atoms with van der Waals surface area (Å²) in [6, 6.07) is 0. The van der Waals surface area contributed by atoms with Gasteiger partial charge in [0.15, 0.2) is 0 Å². The van der Waals surface area contributed by atoms with E-state index in [9.17, 15) is 0 Å². The lowest BCUT2D eigenvalue weighted by molar-refractivity contribution is 0.523. The van der Waals surface area contributed by atoms with Crippen molar-refractivity contribution in [2.75, 3.05) is 36.5 Å². The highest BCUT2D eigenvalue weighted by atomic mass is 15.3. The third kappa shape index (κ3) is 40.8. The molecule has 0 bridgehead atoms. The van der Waals surface area contributed by atoms with E-state index in [1.54, 1.807) is 0 Å². The molecule has 0 saturated heterocycles. The molecule has 0 aliphatic heterocycles. The standard InChI is InChI=1S/C59H117N5/c1-6-9-12-15-18-21-24-27-30-33-36-39-42-45-48-51-54-63(5)58-60-57(4)61-59(62-58)64(55-52-49-46-43-40-37-34-31-28-25-22-19-16-13-10-7-2)56-53-50-47-44-41-38-35-32-29-26-23-20-17-14-11-8-3/h6-56H2,1-5H3. The average molecular weight is 897 g/mol. The number of hydrogen-bond acceptors (Lipinski definition) is 5. The molecule has 0 fully saturated rings. The first-order chi connectivity index (χ1) is 31.6. The van der Waals surface area contributed by atoms with E-state index in [0.717, 1.165) is 37.4 Å². The van der Waals surface area contributed by atoms with Crippen molar-refractivity contribution in [2.24, 2.45) is 0 Å². The van der Waals surface area contributed by atoms with Gasteiger partial charge in [-0.05, 0) is 26.2 Å². The molecule has 378 valence electrons. The maximum absolute atomic E-state index is 5.14. The van der Waals surface area contributed by atoms with Crippen LogP contribution in [0.5, 0.6) is 0 Å². The highest BCUT2D eigenvalue weighted by Crippen LogP contribution is 2.20. The fraction of sp³-hybridized carbons (Fsp3) is 0.949. The number of unbranched alkanes of at least 4 members (excludes halogenated alkanes) is 45. The van der Waals surface area contributed by atoms with Crippen LogP contribution in [0.3, 0.4) is 0 Å². The molecule has 5 nitrogen and oxygen atoms in total. The topological polar surface area (TPSA) is 45.2 Å². The van der Waals surface area contributed by atoms with Crippen molar-refractivity contribution >= 4 is 11.9 Å². The SMILES string of the molecule is CCCCCCCCCCCCCCCCCCN(C)c1nc(C)nc(N(CCCCCCCCCCCCCCCCCC)CCCCCCCCCCCCCCCCCC)n1. The second kappa shape index (κ2) is 49.5. The second-order valence-corrected chi connectivity index (χ2v) is 20.8. The highest BCUT2D eigenvalue weighted by molar-refractivity contribution is 5.38. The van der Waals surface area contributed by atoms with E-state index < -0.39 is 0 Å². The quantitative estimate of drug-likeness (QED) is 0.0610. The highest BCUT2D eigenvalue weighted by Gasteiger charge is 2.15. The lowest BCUT2D eigenvalue weighted by Gasteiger charge is -2.25. The summed E-state index contributed by atoms with van der Waals surface area (Å²) >= 11 is 0. The largest absolute Gasteiger partial charge is 0.344 e. The van der Waals surface area contributed by atoms with Gasteiger partial charge in [0.05, 0.1) is 0 Å². The number of aryl methyl sites for hydroxylation is 1. The second-order valence-electron chi connectivity index (χ2n) is 20.8. The van der Waals surface area contributed by atoms with Gasteiger partial charge >= 0.3 is 0 Å². The van der Waals surface area contributed by atoms with E-state index >= 15 is 0 Å². The van der Waals surface area contributed by atoms with Crippen molar-refractivity contribution in [1.82, 2.24) is 15.0 Å². The van der Waals surface area contributed by atoms with Crippen molar-refractivity contribution in [1.29, 1.82) is 0 Å². The molecule has 0 aliphatic carbocycles. The zero-order chi connectivity index (χ0) is 46.1. The first-order valence-corrected chi connectivity index (χ1v) is 29.8. The first-order valence-electron chi connectivity index (χ1n) is 29.8. The number of aromatic nitrogens is 3. The molecular weight excluding hydrogens is 779 g/mol. The number of anilines is 2. The minimum atomic E-state index is 0.864. The van der Waals surface area contributed by atoms with Gasteiger partial charge < -0.3 is 9.80 Å². The summed E-state index contributed by atoms with van der Waals surface area (Å²) < 4.78 is 0. The van der Waals surface area contributed by atoms with Crippen LogP contribution in [0.2, 0.25) is 0 Å². The van der Waals surface area contributed by atoms with Crippen LogP contribution >= 0.6 is 0 Å². The molecular formula is C59H117N5. The normalized spacial score (nSPS) is 11.6. The van der Waals surface area contributed by atoms with Crippen molar-refractivity contribution in [3.63, 3.8) is 0 Å². The maximum Gasteiger partial charge on any atom is 0.230 e. The van der Waals surface area contributed by atoms with Crippen LogP contribution in [0, 0.1) is 6.92 Å². The molecule has 1 heterocycles. The van der Waals surface area contributed by atoms with E-state index in [1.807, 2.05) is 0 Å². The molecule has 0 amide bonds. The van der Waals surface area contributed by atoms with Crippen LogP contribution in [0.1, 0.15) is 335 Å². The summed E-state index contributed by atoms with van der Waals surface area (Å²) in [6.45, 7) is 12.2. The van der Waals surface area contributed by atoms with Crippen molar-refractivity contribution in [3.05, 3.63) is 5.82 Å². The van der Waals surface area contributed by atoms with Crippen molar-refractivity contribution < 1.29 is 0 Å². The third-order valence-electron chi connectivity index (χ3n) is 14.3. The molecule has 1 rings (SSSR count). The molecule has 5 heteroatoms. The van der Waals surface area contributed by atoms with Gasteiger partial charge in [-0.1, -0.05) is 310 Å². The fourth-order valence-corrected chi connectivity index (χ4v) is 9.78. The Balaban J connectivity index is 2.40. The molecule has 0 atom stereocenters. The molecule has 64 heavy (non-hydrogen) atoms. The number of rotatable bonds is 53. The molecule has 1 aromatic rings. The van der Waals surface area contributed by atoms with Gasteiger partial charge in [-0.15, -0.1) is 0 Å². The summed E-state index contributed by atoms with van der Waals surface area (Å²) in [5.41, 5.74) is 0. The minimum absolute atomic E-state index is 0.864. The number of nitrogens with zero attached hydrogens (tertiary/aromatic N) is 5. The van der Waals surface area contributed by atoms with E-state index in [-0.39, 0.29) is 0 Å². The van der Waals surface area contributed by atoms with E-state index in [0.29, 0.717) is 0 Å². The van der Waals surface area contributed by atoms with Crippen LogP contribution in [-0.2, 0) is 0 Å². The van der Waals surface area contributed by atoms with Crippen molar-refractivity contribution in [3.8, 4) is 0 Å². The Morgan fingerprint density at radius 2 is 0.453 bits per heavy atom. The predicted octanol–water partition coefficient (Wildman–Crippen LogP) is 20.2. The summed E-state index contributed by atoms with van der Waals surface area (Å²) in [5, 5.41) is 0. The van der Waals surface area contributed by atoms with Crippen LogP contribution < -0.4 is 9.80 Å². The smallest absolute Gasteiger partial charge is 0.230 e. The molecule has 0 saturated carbocycles. The van der Waals surface area contributed by atoms with Crippen molar-refractivity contribution in [2.45, 2.75) is 336 Å². The monoisotopic (exact) mass is 896 g/mol. The molecule has 0 aromatic carbocycles. The predicted molar refractivity (Wildman–Crippen MR) is 289 cm³/mol. The maximum atomic E-state index is 5.14. The van der Waals surface area contributed by atoms with Crippen LogP contribution in [0.15, 0.2) is 0 Å². The van der Waals surface area contributed by atoms with Crippen LogP contribution in [0.25, 0.3) is 0 Å². The van der Waals surface area contributed by atoms with Gasteiger partial charge in [0, 0.05) is 26.7 Å². The Morgan fingerprint density at radius 1 is 0.250 bits per heavy atom. The summed E-state index contributed by atoms with van der Waals surface area (Å²) in [7, 11) is 2.19. The average Bonchev–Trinajstić information content (AvgIpc) is 3.30. The molecule has 0 N–H and O–H groups in total. The third-order valence-corrected chi connectivity index (χ3v) is 14.3. The molecule has 0 radical (unpaired) electrons. The molecule has 0 unspecified atom stereocenters. The lowest BCUT2D eigenvalue weighted by atomic mass is 10.0. The van der Waals surface area contributed by atoms with Gasteiger partial charge in [0.25, 0.3) is 0 Å². The van der Waals surface area contributed by atoms with Crippen LogP contribution in [-0.4, -0.2) is 41.6 Å². The lowest BCUT2D eigenvalue weighted by Crippen LogP contribution is -2.30. The summed E-state index contributed by atoms with van der Waals surface area (Å²) in [6.07, 6.45) is 67.7. The molecule has 1 aromatic heterocycles. The Kier molecular flexibility index (Phi) is 46.9. The van der Waals surface area contributed by atoms with Gasteiger partial charge in [0.2, 0.25) is 11.9 Å². The fourth-order valence-electron chi connectivity index (χ4n) is 9.78. The zero-order valence-electron chi connectivity index (χ0n) is 44.8. The molecule has 0 spiro atoms. The van der Waals surface area contributed by atoms with E-state index in [2.05, 4.69) is 44.5 Å². The van der Waals surface area contributed by atoms with Crippen LogP contribution in [0.4, 0.5) is 11.9 Å². The van der Waals surface area contributed by atoms with Gasteiger partial charge in [-0.2, -0.15) is 15.0 Å². The summed E-state index contributed by atoms with van der Waals surface area (Å²) in [4.78, 5) is 19.8.